The Hall–Kier alpha value is -1.52. The van der Waals surface area contributed by atoms with Gasteiger partial charge in [-0.05, 0) is 33.1 Å². The van der Waals surface area contributed by atoms with Crippen molar-refractivity contribution in [1.29, 1.82) is 0 Å². The fourth-order valence-electron chi connectivity index (χ4n) is 2.46. The van der Waals surface area contributed by atoms with Gasteiger partial charge in [0.25, 0.3) is 0 Å². The van der Waals surface area contributed by atoms with Crippen LogP contribution in [0.2, 0.25) is 0 Å². The minimum absolute atomic E-state index is 0.679. The molecule has 1 atom stereocenters. The van der Waals surface area contributed by atoms with Crippen LogP contribution in [0.3, 0.4) is 0 Å². The maximum Gasteiger partial charge on any atom is 0.329 e. The maximum atomic E-state index is 11.5. The molecule has 1 saturated heterocycles. The smallest absolute Gasteiger partial charge is 0.329 e. The van der Waals surface area contributed by atoms with Crippen LogP contribution in [0.1, 0.15) is 33.1 Å². The van der Waals surface area contributed by atoms with Crippen molar-refractivity contribution < 1.29 is 9.90 Å². The molecule has 0 radical (unpaired) electrons. The fourth-order valence-corrected chi connectivity index (χ4v) is 2.46. The number of carboxylic acid groups (broad SMARTS) is 1. The van der Waals surface area contributed by atoms with Crippen molar-refractivity contribution in [2.24, 2.45) is 0 Å². The zero-order chi connectivity index (χ0) is 12.5. The highest BCUT2D eigenvalue weighted by atomic mass is 16.4. The van der Waals surface area contributed by atoms with Crippen LogP contribution in [0.4, 0.5) is 5.95 Å². The summed E-state index contributed by atoms with van der Waals surface area (Å²) in [5.41, 5.74) is -0.823. The van der Waals surface area contributed by atoms with Gasteiger partial charge >= 0.3 is 5.97 Å². The number of piperidine rings is 1. The van der Waals surface area contributed by atoms with Crippen LogP contribution in [0.15, 0.2) is 12.4 Å². The minimum Gasteiger partial charge on any atom is -0.480 e. The predicted octanol–water partition coefficient (Wildman–Crippen LogP) is 1.74. The third-order valence-electron chi connectivity index (χ3n) is 3.63. The van der Waals surface area contributed by atoms with E-state index in [-0.39, 0.29) is 0 Å². The van der Waals surface area contributed by atoms with E-state index < -0.39 is 11.5 Å². The molecule has 0 saturated carbocycles. The summed E-state index contributed by atoms with van der Waals surface area (Å²) in [6, 6.07) is 0. The van der Waals surface area contributed by atoms with Crippen LogP contribution in [0.25, 0.3) is 0 Å². The molecule has 0 bridgehead atoms. The van der Waals surface area contributed by atoms with E-state index in [4.69, 9.17) is 0 Å². The van der Waals surface area contributed by atoms with Crippen molar-refractivity contribution in [2.75, 3.05) is 11.4 Å². The second-order valence-corrected chi connectivity index (χ2v) is 4.70. The molecule has 1 N–H and O–H groups in total. The second-order valence-electron chi connectivity index (χ2n) is 4.70. The Morgan fingerprint density at radius 1 is 1.59 bits per heavy atom. The van der Waals surface area contributed by atoms with Crippen LogP contribution in [0.5, 0.6) is 0 Å². The quantitative estimate of drug-likeness (QED) is 0.870. The third kappa shape index (κ3) is 1.90. The fraction of sp³-hybridized carbons (Fsp3) is 0.667. The van der Waals surface area contributed by atoms with Crippen molar-refractivity contribution >= 4 is 11.9 Å². The van der Waals surface area contributed by atoms with Crippen LogP contribution in [-0.4, -0.2) is 32.7 Å². The van der Waals surface area contributed by atoms with Crippen LogP contribution in [0, 0.1) is 0 Å². The normalized spacial score (nSPS) is 24.9. The lowest BCUT2D eigenvalue weighted by atomic mass is 9.89. The number of carbonyl (C=O) groups is 1. The van der Waals surface area contributed by atoms with E-state index in [0.29, 0.717) is 6.42 Å². The third-order valence-corrected chi connectivity index (χ3v) is 3.63. The summed E-state index contributed by atoms with van der Waals surface area (Å²) in [6.45, 7) is 5.40. The number of hydrogen-bond donors (Lipinski definition) is 1. The number of carboxylic acids is 1. The Kier molecular flexibility index (Phi) is 3.09. The maximum absolute atomic E-state index is 11.5. The molecule has 1 aliphatic rings. The van der Waals surface area contributed by atoms with Crippen molar-refractivity contribution in [2.45, 2.75) is 45.2 Å². The highest BCUT2D eigenvalue weighted by Crippen LogP contribution is 2.32. The Morgan fingerprint density at radius 2 is 2.35 bits per heavy atom. The number of aliphatic carboxylic acids is 1. The van der Waals surface area contributed by atoms with Gasteiger partial charge in [0, 0.05) is 25.5 Å². The van der Waals surface area contributed by atoms with Gasteiger partial charge in [-0.25, -0.2) is 9.78 Å². The molecule has 1 fully saturated rings. The van der Waals surface area contributed by atoms with Crippen LogP contribution in [-0.2, 0) is 11.3 Å². The number of imidazole rings is 1. The van der Waals surface area contributed by atoms with E-state index in [1.165, 1.54) is 0 Å². The van der Waals surface area contributed by atoms with E-state index in [2.05, 4.69) is 4.98 Å². The van der Waals surface area contributed by atoms with Gasteiger partial charge < -0.3 is 14.6 Å². The molecule has 5 nitrogen and oxygen atoms in total. The molecule has 0 spiro atoms. The summed E-state index contributed by atoms with van der Waals surface area (Å²) in [7, 11) is 0. The number of aryl methyl sites for hydroxylation is 1. The summed E-state index contributed by atoms with van der Waals surface area (Å²) in [6.07, 6.45) is 6.30. The van der Waals surface area contributed by atoms with E-state index >= 15 is 0 Å². The van der Waals surface area contributed by atoms with Crippen molar-refractivity contribution in [3.05, 3.63) is 12.4 Å². The van der Waals surface area contributed by atoms with Crippen molar-refractivity contribution in [1.82, 2.24) is 9.55 Å². The Labute approximate surface area is 101 Å². The van der Waals surface area contributed by atoms with Gasteiger partial charge in [0.2, 0.25) is 5.95 Å². The van der Waals surface area contributed by atoms with E-state index in [1.807, 2.05) is 22.6 Å². The minimum atomic E-state index is -0.823. The molecule has 1 aliphatic heterocycles. The molecule has 2 heterocycles. The van der Waals surface area contributed by atoms with Gasteiger partial charge in [-0.2, -0.15) is 0 Å². The average molecular weight is 237 g/mol. The summed E-state index contributed by atoms with van der Waals surface area (Å²) < 4.78 is 1.99. The monoisotopic (exact) mass is 237 g/mol. The summed E-state index contributed by atoms with van der Waals surface area (Å²) in [5.74, 6) is 0.0138. The molecular formula is C12H19N3O2. The van der Waals surface area contributed by atoms with E-state index in [9.17, 15) is 9.90 Å². The van der Waals surface area contributed by atoms with Crippen molar-refractivity contribution in [3.63, 3.8) is 0 Å². The predicted molar refractivity (Wildman–Crippen MR) is 65.1 cm³/mol. The van der Waals surface area contributed by atoms with Gasteiger partial charge in [-0.3, -0.25) is 0 Å². The summed E-state index contributed by atoms with van der Waals surface area (Å²) in [5, 5.41) is 9.45. The lowest BCUT2D eigenvalue weighted by Gasteiger charge is -2.42. The molecule has 0 amide bonds. The first-order valence-corrected chi connectivity index (χ1v) is 6.12. The molecule has 0 aromatic carbocycles. The van der Waals surface area contributed by atoms with Gasteiger partial charge in [-0.15, -0.1) is 0 Å². The van der Waals surface area contributed by atoms with Crippen molar-refractivity contribution in [3.8, 4) is 0 Å². The number of nitrogens with zero attached hydrogens (tertiary/aromatic N) is 3. The first-order chi connectivity index (χ1) is 8.09. The van der Waals surface area contributed by atoms with Gasteiger partial charge in [0.05, 0.1) is 0 Å². The summed E-state index contributed by atoms with van der Waals surface area (Å²) >= 11 is 0. The lowest BCUT2D eigenvalue weighted by Crippen LogP contribution is -2.56. The Bertz CT molecular complexity index is 416. The zero-order valence-corrected chi connectivity index (χ0v) is 10.4. The highest BCUT2D eigenvalue weighted by molar-refractivity contribution is 5.82. The molecule has 94 valence electrons. The Morgan fingerprint density at radius 3 is 3.00 bits per heavy atom. The molecule has 17 heavy (non-hydrogen) atoms. The van der Waals surface area contributed by atoms with Gasteiger partial charge in [0.15, 0.2) is 0 Å². The first-order valence-electron chi connectivity index (χ1n) is 6.12. The SMILES string of the molecule is CCn1ccnc1N1CCCCC1(C)C(=O)O. The number of rotatable bonds is 3. The number of anilines is 1. The molecule has 5 heteroatoms. The Balaban J connectivity index is 2.38. The topological polar surface area (TPSA) is 58.4 Å². The van der Waals surface area contributed by atoms with E-state index in [1.54, 1.807) is 13.1 Å². The molecule has 1 aromatic heterocycles. The standard InChI is InChI=1S/C12H19N3O2/c1-3-14-9-7-13-11(14)15-8-5-4-6-12(15,2)10(16)17/h7,9H,3-6,8H2,1-2H3,(H,16,17). The van der Waals surface area contributed by atoms with Gasteiger partial charge in [0.1, 0.15) is 5.54 Å². The van der Waals surface area contributed by atoms with E-state index in [0.717, 1.165) is 31.9 Å². The van der Waals surface area contributed by atoms with Gasteiger partial charge in [-0.1, -0.05) is 0 Å². The largest absolute Gasteiger partial charge is 0.480 e. The number of aromatic nitrogens is 2. The highest BCUT2D eigenvalue weighted by Gasteiger charge is 2.42. The molecule has 2 rings (SSSR count). The first kappa shape index (κ1) is 12.0. The molecular weight excluding hydrogens is 218 g/mol. The average Bonchev–Trinajstić information content (AvgIpc) is 2.77. The second kappa shape index (κ2) is 4.39. The zero-order valence-electron chi connectivity index (χ0n) is 10.4. The lowest BCUT2D eigenvalue weighted by molar-refractivity contribution is -0.143. The number of hydrogen-bond acceptors (Lipinski definition) is 3. The van der Waals surface area contributed by atoms with Crippen LogP contribution < -0.4 is 4.90 Å². The molecule has 0 aliphatic carbocycles. The van der Waals surface area contributed by atoms with Crippen LogP contribution >= 0.6 is 0 Å². The molecule has 1 unspecified atom stereocenters. The molecule has 1 aromatic rings. The summed E-state index contributed by atoms with van der Waals surface area (Å²) in [4.78, 5) is 17.7.